The first kappa shape index (κ1) is 14.5. The van der Waals surface area contributed by atoms with Gasteiger partial charge in [-0.2, -0.15) is 0 Å². The zero-order valence-electron chi connectivity index (χ0n) is 11.6. The van der Waals surface area contributed by atoms with E-state index in [0.29, 0.717) is 24.5 Å². The van der Waals surface area contributed by atoms with Gasteiger partial charge in [0.25, 0.3) is 0 Å². The maximum atomic E-state index is 11.7. The predicted octanol–water partition coefficient (Wildman–Crippen LogP) is 2.46. The number of rotatable bonds is 6. The average Bonchev–Trinajstić information content (AvgIpc) is 2.36. The van der Waals surface area contributed by atoms with E-state index < -0.39 is 0 Å². The molecule has 3 heteroatoms. The second-order valence-electron chi connectivity index (χ2n) is 5.44. The smallest absolute Gasteiger partial charge is 0.234 e. The van der Waals surface area contributed by atoms with Crippen molar-refractivity contribution in [3.63, 3.8) is 0 Å². The van der Waals surface area contributed by atoms with Gasteiger partial charge in [0.15, 0.2) is 0 Å². The lowest BCUT2D eigenvalue weighted by Gasteiger charge is -2.28. The zero-order chi connectivity index (χ0) is 12.7. The van der Waals surface area contributed by atoms with Crippen LogP contribution in [-0.4, -0.2) is 24.5 Å². The van der Waals surface area contributed by atoms with Crippen molar-refractivity contribution >= 4 is 5.91 Å². The monoisotopic (exact) mass is 240 g/mol. The summed E-state index contributed by atoms with van der Waals surface area (Å²) in [6, 6.07) is 0.757. The Morgan fingerprint density at radius 1 is 1.24 bits per heavy atom. The standard InChI is InChI=1S/C14H28N2O/c1-4-11(2)15-10-14(17)16-12(3)13-8-6-5-7-9-13/h11-13,15H,4-10H2,1-3H3,(H,16,17). The molecule has 2 unspecified atom stereocenters. The van der Waals surface area contributed by atoms with Crippen LogP contribution in [-0.2, 0) is 4.79 Å². The van der Waals surface area contributed by atoms with Crippen LogP contribution in [0.15, 0.2) is 0 Å². The molecule has 0 aromatic heterocycles. The molecule has 1 aliphatic rings. The number of carbonyl (C=O) groups excluding carboxylic acids is 1. The van der Waals surface area contributed by atoms with Gasteiger partial charge in [-0.15, -0.1) is 0 Å². The lowest BCUT2D eigenvalue weighted by molar-refractivity contribution is -0.121. The van der Waals surface area contributed by atoms with Gasteiger partial charge in [0, 0.05) is 12.1 Å². The van der Waals surface area contributed by atoms with Crippen LogP contribution in [0.1, 0.15) is 59.3 Å². The lowest BCUT2D eigenvalue weighted by Crippen LogP contribution is -2.44. The highest BCUT2D eigenvalue weighted by molar-refractivity contribution is 5.78. The Hall–Kier alpha value is -0.570. The molecule has 0 radical (unpaired) electrons. The molecule has 1 fully saturated rings. The molecular weight excluding hydrogens is 212 g/mol. The fourth-order valence-electron chi connectivity index (χ4n) is 2.47. The summed E-state index contributed by atoms with van der Waals surface area (Å²) in [5.74, 6) is 0.833. The van der Waals surface area contributed by atoms with Crippen molar-refractivity contribution in [2.24, 2.45) is 5.92 Å². The minimum atomic E-state index is 0.142. The average molecular weight is 240 g/mol. The normalized spacial score (nSPS) is 20.9. The molecule has 1 aliphatic carbocycles. The van der Waals surface area contributed by atoms with Gasteiger partial charge in [0.05, 0.1) is 6.54 Å². The van der Waals surface area contributed by atoms with Crippen molar-refractivity contribution in [2.75, 3.05) is 6.54 Å². The van der Waals surface area contributed by atoms with Crippen LogP contribution < -0.4 is 10.6 Å². The molecule has 0 heterocycles. The minimum Gasteiger partial charge on any atom is -0.352 e. The molecule has 1 amide bonds. The van der Waals surface area contributed by atoms with Gasteiger partial charge in [-0.1, -0.05) is 26.2 Å². The first-order chi connectivity index (χ1) is 8.13. The highest BCUT2D eigenvalue weighted by Crippen LogP contribution is 2.26. The van der Waals surface area contributed by atoms with Crippen molar-refractivity contribution in [3.8, 4) is 0 Å². The first-order valence-electron chi connectivity index (χ1n) is 7.16. The Labute approximate surface area is 106 Å². The summed E-state index contributed by atoms with van der Waals surface area (Å²) in [6.07, 6.45) is 7.64. The number of nitrogens with one attached hydrogen (secondary N) is 2. The topological polar surface area (TPSA) is 41.1 Å². The fourth-order valence-corrected chi connectivity index (χ4v) is 2.47. The van der Waals surface area contributed by atoms with E-state index in [9.17, 15) is 4.79 Å². The molecule has 0 spiro atoms. The van der Waals surface area contributed by atoms with Crippen LogP contribution >= 0.6 is 0 Å². The zero-order valence-corrected chi connectivity index (χ0v) is 11.6. The van der Waals surface area contributed by atoms with E-state index in [1.807, 2.05) is 0 Å². The van der Waals surface area contributed by atoms with E-state index in [2.05, 4.69) is 31.4 Å². The van der Waals surface area contributed by atoms with Crippen molar-refractivity contribution < 1.29 is 4.79 Å². The second-order valence-corrected chi connectivity index (χ2v) is 5.44. The molecule has 1 rings (SSSR count). The Morgan fingerprint density at radius 2 is 1.88 bits per heavy atom. The van der Waals surface area contributed by atoms with Gasteiger partial charge in [0.2, 0.25) is 5.91 Å². The molecule has 0 aromatic rings. The Kier molecular flexibility index (Phi) is 6.56. The van der Waals surface area contributed by atoms with Gasteiger partial charge in [0.1, 0.15) is 0 Å². The molecule has 2 atom stereocenters. The van der Waals surface area contributed by atoms with Gasteiger partial charge < -0.3 is 10.6 Å². The van der Waals surface area contributed by atoms with Gasteiger partial charge in [-0.25, -0.2) is 0 Å². The van der Waals surface area contributed by atoms with Gasteiger partial charge >= 0.3 is 0 Å². The summed E-state index contributed by atoms with van der Waals surface area (Å²) in [4.78, 5) is 11.7. The molecule has 0 bridgehead atoms. The fraction of sp³-hybridized carbons (Fsp3) is 0.929. The number of amides is 1. The van der Waals surface area contributed by atoms with Crippen LogP contribution in [0.25, 0.3) is 0 Å². The third-order valence-corrected chi connectivity index (χ3v) is 3.97. The summed E-state index contributed by atoms with van der Waals surface area (Å²) in [5, 5.41) is 6.36. The van der Waals surface area contributed by atoms with Crippen LogP contribution in [0.3, 0.4) is 0 Å². The highest BCUT2D eigenvalue weighted by Gasteiger charge is 2.21. The van der Waals surface area contributed by atoms with E-state index in [0.717, 1.165) is 6.42 Å². The first-order valence-corrected chi connectivity index (χ1v) is 7.16. The van der Waals surface area contributed by atoms with Crippen molar-refractivity contribution in [1.82, 2.24) is 10.6 Å². The molecule has 3 nitrogen and oxygen atoms in total. The van der Waals surface area contributed by atoms with Crippen molar-refractivity contribution in [3.05, 3.63) is 0 Å². The maximum absolute atomic E-state index is 11.7. The van der Waals surface area contributed by atoms with Crippen LogP contribution in [0.4, 0.5) is 0 Å². The molecule has 2 N–H and O–H groups in total. The van der Waals surface area contributed by atoms with Crippen molar-refractivity contribution in [1.29, 1.82) is 0 Å². The SMILES string of the molecule is CCC(C)NCC(=O)NC(C)C1CCCCC1. The maximum Gasteiger partial charge on any atom is 0.234 e. The van der Waals surface area contributed by atoms with Crippen LogP contribution in [0.2, 0.25) is 0 Å². The Balaban J connectivity index is 2.20. The number of carbonyl (C=O) groups is 1. The van der Waals surface area contributed by atoms with Gasteiger partial charge in [-0.3, -0.25) is 4.79 Å². The van der Waals surface area contributed by atoms with Crippen LogP contribution in [0, 0.1) is 5.92 Å². The molecular formula is C14H28N2O. The summed E-state index contributed by atoms with van der Waals surface area (Å²) in [7, 11) is 0. The van der Waals surface area contributed by atoms with Crippen LogP contribution in [0.5, 0.6) is 0 Å². The van der Waals surface area contributed by atoms with Crippen molar-refractivity contribution in [2.45, 2.75) is 71.4 Å². The third-order valence-electron chi connectivity index (χ3n) is 3.97. The molecule has 100 valence electrons. The number of hydrogen-bond acceptors (Lipinski definition) is 2. The Morgan fingerprint density at radius 3 is 2.47 bits per heavy atom. The van der Waals surface area contributed by atoms with E-state index in [1.54, 1.807) is 0 Å². The Bertz CT molecular complexity index is 224. The van der Waals surface area contributed by atoms with E-state index >= 15 is 0 Å². The summed E-state index contributed by atoms with van der Waals surface area (Å²) >= 11 is 0. The van der Waals surface area contributed by atoms with E-state index in [-0.39, 0.29) is 5.91 Å². The quantitative estimate of drug-likeness (QED) is 0.749. The second kappa shape index (κ2) is 7.70. The molecule has 17 heavy (non-hydrogen) atoms. The largest absolute Gasteiger partial charge is 0.352 e. The number of hydrogen-bond donors (Lipinski definition) is 2. The summed E-state index contributed by atoms with van der Waals surface area (Å²) in [5.41, 5.74) is 0. The third kappa shape index (κ3) is 5.53. The predicted molar refractivity (Wildman–Crippen MR) is 71.9 cm³/mol. The summed E-state index contributed by atoms with van der Waals surface area (Å²) < 4.78 is 0. The molecule has 0 aromatic carbocycles. The molecule has 1 saturated carbocycles. The highest BCUT2D eigenvalue weighted by atomic mass is 16.1. The van der Waals surface area contributed by atoms with E-state index in [4.69, 9.17) is 0 Å². The molecule has 0 saturated heterocycles. The lowest BCUT2D eigenvalue weighted by atomic mass is 9.84. The van der Waals surface area contributed by atoms with E-state index in [1.165, 1.54) is 32.1 Å². The molecule has 0 aliphatic heterocycles. The van der Waals surface area contributed by atoms with Gasteiger partial charge in [-0.05, 0) is 39.0 Å². The summed E-state index contributed by atoms with van der Waals surface area (Å²) in [6.45, 7) is 6.83. The minimum absolute atomic E-state index is 0.142.